The van der Waals surface area contributed by atoms with Crippen molar-refractivity contribution in [2.75, 3.05) is 13.1 Å². The lowest BCUT2D eigenvalue weighted by Gasteiger charge is -2.17. The van der Waals surface area contributed by atoms with E-state index in [1.54, 1.807) is 17.0 Å². The molecule has 1 amide bonds. The topological polar surface area (TPSA) is 92.5 Å². The maximum atomic E-state index is 12.9. The molecule has 2 fully saturated rings. The lowest BCUT2D eigenvalue weighted by atomic mass is 9.95. The number of rotatable bonds is 5. The van der Waals surface area contributed by atoms with Gasteiger partial charge in [-0.2, -0.15) is 0 Å². The van der Waals surface area contributed by atoms with E-state index in [0.29, 0.717) is 18.7 Å². The van der Waals surface area contributed by atoms with E-state index < -0.39 is 10.0 Å². The minimum absolute atomic E-state index is 0. The highest BCUT2D eigenvalue weighted by Gasteiger charge is 2.34. The standard InChI is InChI=1S/C20H23N3O3S.ClH/c21-19-13-23(12-18(19)14-5-2-1-3-6-14)20(24)15-7-4-8-17(11-15)27(25,26)22-16-9-10-16;/h1-8,11,16,18-19,22H,9-10,12-13,21H2;1H/t18-,19+;/m0./s1. The Morgan fingerprint density at radius 2 is 1.75 bits per heavy atom. The molecule has 2 aromatic carbocycles. The Morgan fingerprint density at radius 3 is 2.43 bits per heavy atom. The van der Waals surface area contributed by atoms with Crippen molar-refractivity contribution in [2.45, 2.75) is 35.7 Å². The first kappa shape index (κ1) is 20.8. The van der Waals surface area contributed by atoms with Gasteiger partial charge in [0.2, 0.25) is 10.0 Å². The monoisotopic (exact) mass is 421 g/mol. The Morgan fingerprint density at radius 1 is 1.04 bits per heavy atom. The van der Waals surface area contributed by atoms with Crippen molar-refractivity contribution >= 4 is 28.3 Å². The molecule has 0 unspecified atom stereocenters. The highest BCUT2D eigenvalue weighted by atomic mass is 35.5. The molecule has 1 aliphatic carbocycles. The second-order valence-electron chi connectivity index (χ2n) is 7.31. The second kappa shape index (κ2) is 8.21. The molecule has 1 aliphatic heterocycles. The average molecular weight is 422 g/mol. The summed E-state index contributed by atoms with van der Waals surface area (Å²) in [4.78, 5) is 14.8. The molecule has 8 heteroatoms. The quantitative estimate of drug-likeness (QED) is 0.773. The molecule has 28 heavy (non-hydrogen) atoms. The molecule has 6 nitrogen and oxygen atoms in total. The SMILES string of the molecule is Cl.N[C@@H]1CN(C(=O)c2cccc(S(=O)(=O)NC3CC3)c2)C[C@H]1c1ccccc1. The van der Waals surface area contributed by atoms with Gasteiger partial charge >= 0.3 is 0 Å². The number of hydrogen-bond acceptors (Lipinski definition) is 4. The number of carbonyl (C=O) groups excluding carboxylic acids is 1. The van der Waals surface area contributed by atoms with Crippen LogP contribution >= 0.6 is 12.4 Å². The number of carbonyl (C=O) groups is 1. The molecule has 150 valence electrons. The molecule has 2 aromatic rings. The largest absolute Gasteiger partial charge is 0.336 e. The third-order valence-corrected chi connectivity index (χ3v) is 6.69. The van der Waals surface area contributed by atoms with E-state index in [-0.39, 0.29) is 41.2 Å². The minimum atomic E-state index is -3.59. The maximum Gasteiger partial charge on any atom is 0.253 e. The molecule has 1 saturated carbocycles. The van der Waals surface area contributed by atoms with Gasteiger partial charge in [0.05, 0.1) is 4.90 Å². The van der Waals surface area contributed by atoms with Crippen molar-refractivity contribution in [1.29, 1.82) is 0 Å². The molecule has 0 aromatic heterocycles. The van der Waals surface area contributed by atoms with Gasteiger partial charge in [0.25, 0.3) is 5.91 Å². The molecule has 0 spiro atoms. The maximum absolute atomic E-state index is 12.9. The molecule has 0 radical (unpaired) electrons. The highest BCUT2D eigenvalue weighted by Crippen LogP contribution is 2.28. The van der Waals surface area contributed by atoms with Gasteiger partial charge in [0.1, 0.15) is 0 Å². The third-order valence-electron chi connectivity index (χ3n) is 5.17. The van der Waals surface area contributed by atoms with Gasteiger partial charge in [-0.3, -0.25) is 4.79 Å². The fourth-order valence-corrected chi connectivity index (χ4v) is 4.87. The zero-order valence-corrected chi connectivity index (χ0v) is 17.0. The molecular weight excluding hydrogens is 398 g/mol. The Kier molecular flexibility index (Phi) is 6.09. The summed E-state index contributed by atoms with van der Waals surface area (Å²) in [5, 5.41) is 0. The highest BCUT2D eigenvalue weighted by molar-refractivity contribution is 7.89. The summed E-state index contributed by atoms with van der Waals surface area (Å²) >= 11 is 0. The third kappa shape index (κ3) is 4.38. The van der Waals surface area contributed by atoms with Crippen molar-refractivity contribution in [3.05, 3.63) is 65.7 Å². The van der Waals surface area contributed by atoms with Gasteiger partial charge in [-0.1, -0.05) is 36.4 Å². The molecule has 2 aliphatic rings. The number of benzene rings is 2. The van der Waals surface area contributed by atoms with E-state index in [1.165, 1.54) is 12.1 Å². The Labute approximate surface area is 171 Å². The van der Waals surface area contributed by atoms with E-state index in [0.717, 1.165) is 18.4 Å². The van der Waals surface area contributed by atoms with E-state index in [2.05, 4.69) is 4.72 Å². The predicted octanol–water partition coefficient (Wildman–Crippen LogP) is 2.12. The van der Waals surface area contributed by atoms with Gasteiger partial charge in [-0.25, -0.2) is 13.1 Å². The first-order valence-corrected chi connectivity index (χ1v) is 10.6. The first-order valence-electron chi connectivity index (χ1n) is 9.16. The summed E-state index contributed by atoms with van der Waals surface area (Å²) in [5.41, 5.74) is 7.76. The van der Waals surface area contributed by atoms with Crippen molar-refractivity contribution in [3.63, 3.8) is 0 Å². The number of sulfonamides is 1. The van der Waals surface area contributed by atoms with Crippen molar-refractivity contribution in [1.82, 2.24) is 9.62 Å². The zero-order chi connectivity index (χ0) is 19.0. The summed E-state index contributed by atoms with van der Waals surface area (Å²) in [6.07, 6.45) is 1.73. The zero-order valence-electron chi connectivity index (χ0n) is 15.3. The predicted molar refractivity (Wildman–Crippen MR) is 110 cm³/mol. The number of nitrogens with two attached hydrogens (primary N) is 1. The van der Waals surface area contributed by atoms with Gasteiger partial charge in [-0.05, 0) is 36.6 Å². The van der Waals surface area contributed by atoms with Crippen LogP contribution in [0.2, 0.25) is 0 Å². The van der Waals surface area contributed by atoms with Crippen LogP contribution in [0.25, 0.3) is 0 Å². The van der Waals surface area contributed by atoms with Crippen molar-refractivity contribution in [2.24, 2.45) is 5.73 Å². The molecule has 2 atom stereocenters. The molecule has 4 rings (SSSR count). The minimum Gasteiger partial charge on any atom is -0.336 e. The van der Waals surface area contributed by atoms with Gasteiger partial charge in [-0.15, -0.1) is 12.4 Å². The fourth-order valence-electron chi connectivity index (χ4n) is 3.52. The van der Waals surface area contributed by atoms with Crippen molar-refractivity contribution < 1.29 is 13.2 Å². The molecular formula is C20H24ClN3O3S. The van der Waals surface area contributed by atoms with Crippen LogP contribution in [0.1, 0.15) is 34.7 Å². The van der Waals surface area contributed by atoms with Crippen LogP contribution < -0.4 is 10.5 Å². The van der Waals surface area contributed by atoms with Crippen LogP contribution in [-0.2, 0) is 10.0 Å². The van der Waals surface area contributed by atoms with E-state index >= 15 is 0 Å². The van der Waals surface area contributed by atoms with Crippen LogP contribution in [0.3, 0.4) is 0 Å². The molecule has 1 heterocycles. The summed E-state index contributed by atoms with van der Waals surface area (Å²) in [5.74, 6) is -0.106. The Balaban J connectivity index is 0.00000225. The smallest absolute Gasteiger partial charge is 0.253 e. The number of likely N-dealkylation sites (tertiary alicyclic amines) is 1. The Bertz CT molecular complexity index is 948. The van der Waals surface area contributed by atoms with Crippen LogP contribution in [0.4, 0.5) is 0 Å². The molecule has 3 N–H and O–H groups in total. The van der Waals surface area contributed by atoms with Crippen LogP contribution in [0.5, 0.6) is 0 Å². The number of nitrogens with one attached hydrogen (secondary N) is 1. The summed E-state index contributed by atoms with van der Waals surface area (Å²) in [6.45, 7) is 0.983. The van der Waals surface area contributed by atoms with Gasteiger partial charge in [0.15, 0.2) is 0 Å². The lowest BCUT2D eigenvalue weighted by Crippen LogP contribution is -2.32. The average Bonchev–Trinajstić information content (AvgIpc) is 3.39. The number of amides is 1. The number of hydrogen-bond donors (Lipinski definition) is 2. The summed E-state index contributed by atoms with van der Waals surface area (Å²) in [6, 6.07) is 16.1. The summed E-state index contributed by atoms with van der Waals surface area (Å²) < 4.78 is 27.5. The fraction of sp³-hybridized carbons (Fsp3) is 0.350. The lowest BCUT2D eigenvalue weighted by molar-refractivity contribution is 0.0789. The second-order valence-corrected chi connectivity index (χ2v) is 9.03. The molecule has 0 bridgehead atoms. The van der Waals surface area contributed by atoms with Crippen molar-refractivity contribution in [3.8, 4) is 0 Å². The number of halogens is 1. The van der Waals surface area contributed by atoms with Gasteiger partial charge < -0.3 is 10.6 Å². The van der Waals surface area contributed by atoms with Crippen LogP contribution in [-0.4, -0.2) is 44.4 Å². The van der Waals surface area contributed by atoms with Crippen LogP contribution in [0.15, 0.2) is 59.5 Å². The van der Waals surface area contributed by atoms with E-state index in [1.807, 2.05) is 30.3 Å². The van der Waals surface area contributed by atoms with E-state index in [9.17, 15) is 13.2 Å². The Hall–Kier alpha value is -1.93. The van der Waals surface area contributed by atoms with Gasteiger partial charge in [0, 0.05) is 36.7 Å². The first-order chi connectivity index (χ1) is 12.9. The summed E-state index contributed by atoms with van der Waals surface area (Å²) in [7, 11) is -3.59. The molecule has 1 saturated heterocycles. The van der Waals surface area contributed by atoms with Crippen LogP contribution in [0, 0.1) is 0 Å². The number of nitrogens with zero attached hydrogens (tertiary/aromatic N) is 1. The van der Waals surface area contributed by atoms with E-state index in [4.69, 9.17) is 5.73 Å². The normalized spacial score (nSPS) is 22.0.